The van der Waals surface area contributed by atoms with Crippen molar-refractivity contribution in [1.82, 2.24) is 15.1 Å². The third-order valence-electron chi connectivity index (χ3n) is 3.59. The van der Waals surface area contributed by atoms with E-state index < -0.39 is 0 Å². The zero-order valence-electron chi connectivity index (χ0n) is 10.9. The first-order chi connectivity index (χ1) is 8.63. The second-order valence-corrected chi connectivity index (χ2v) is 5.07. The van der Waals surface area contributed by atoms with Crippen LogP contribution in [0.3, 0.4) is 0 Å². The Morgan fingerprint density at radius 3 is 2.94 bits per heavy atom. The number of hydrogen-bond acceptors (Lipinski definition) is 3. The molecule has 0 aromatic heterocycles. The first kappa shape index (κ1) is 13.1. The van der Waals surface area contributed by atoms with Crippen LogP contribution < -0.4 is 5.32 Å². The maximum absolute atomic E-state index is 12.3. The number of nitrogens with zero attached hydrogens (tertiary/aromatic N) is 2. The quantitative estimate of drug-likeness (QED) is 0.715. The predicted molar refractivity (Wildman–Crippen MR) is 69.0 cm³/mol. The van der Waals surface area contributed by atoms with Gasteiger partial charge in [-0.25, -0.2) is 0 Å². The molecule has 5 heteroatoms. The van der Waals surface area contributed by atoms with E-state index in [-0.39, 0.29) is 24.4 Å². The van der Waals surface area contributed by atoms with Crippen molar-refractivity contribution >= 4 is 11.8 Å². The van der Waals surface area contributed by atoms with Crippen LogP contribution in [0.4, 0.5) is 0 Å². The molecule has 5 nitrogen and oxygen atoms in total. The third-order valence-corrected chi connectivity index (χ3v) is 3.59. The van der Waals surface area contributed by atoms with Crippen LogP contribution in [0.1, 0.15) is 19.3 Å². The van der Waals surface area contributed by atoms with Gasteiger partial charge in [-0.05, 0) is 31.9 Å². The molecule has 100 valence electrons. The van der Waals surface area contributed by atoms with E-state index in [0.717, 1.165) is 31.4 Å². The van der Waals surface area contributed by atoms with Gasteiger partial charge in [0.25, 0.3) is 0 Å². The molecule has 0 aromatic rings. The molecule has 2 saturated heterocycles. The van der Waals surface area contributed by atoms with E-state index in [2.05, 4.69) is 11.9 Å². The molecule has 0 saturated carbocycles. The van der Waals surface area contributed by atoms with Gasteiger partial charge in [-0.15, -0.1) is 0 Å². The maximum Gasteiger partial charge on any atom is 0.246 e. The van der Waals surface area contributed by atoms with Gasteiger partial charge in [0.1, 0.15) is 12.6 Å². The molecule has 2 heterocycles. The number of fused-ring (bicyclic) bond motifs is 1. The Kier molecular flexibility index (Phi) is 4.01. The molecule has 1 atom stereocenters. The van der Waals surface area contributed by atoms with Crippen molar-refractivity contribution < 1.29 is 9.59 Å². The second kappa shape index (κ2) is 5.52. The summed E-state index contributed by atoms with van der Waals surface area (Å²) in [5.41, 5.74) is 0.933. The van der Waals surface area contributed by atoms with Crippen LogP contribution in [0.15, 0.2) is 12.2 Å². The first-order valence-corrected chi connectivity index (χ1v) is 6.53. The Hall–Kier alpha value is -1.36. The van der Waals surface area contributed by atoms with Gasteiger partial charge in [0.15, 0.2) is 0 Å². The number of nitrogens with one attached hydrogen (secondary N) is 1. The van der Waals surface area contributed by atoms with Crippen LogP contribution in [0.5, 0.6) is 0 Å². The topological polar surface area (TPSA) is 52.7 Å². The van der Waals surface area contributed by atoms with E-state index in [1.54, 1.807) is 9.80 Å². The van der Waals surface area contributed by atoms with Crippen molar-refractivity contribution in [2.45, 2.75) is 25.3 Å². The van der Waals surface area contributed by atoms with E-state index in [1.807, 2.05) is 7.05 Å². The average Bonchev–Trinajstić information content (AvgIpc) is 2.36. The van der Waals surface area contributed by atoms with Crippen molar-refractivity contribution in [3.8, 4) is 0 Å². The molecule has 2 aliphatic heterocycles. The summed E-state index contributed by atoms with van der Waals surface area (Å²) in [5.74, 6) is 0.170. The van der Waals surface area contributed by atoms with Gasteiger partial charge >= 0.3 is 0 Å². The number of rotatable bonds is 4. The van der Waals surface area contributed by atoms with Crippen LogP contribution in [0, 0.1) is 0 Å². The number of likely N-dealkylation sites (N-methyl/N-ethyl adjacent to an activating group) is 1. The molecule has 0 bridgehead atoms. The Balaban J connectivity index is 2.03. The second-order valence-electron chi connectivity index (χ2n) is 5.07. The highest BCUT2D eigenvalue weighted by molar-refractivity contribution is 5.95. The molecule has 2 aliphatic rings. The van der Waals surface area contributed by atoms with E-state index in [4.69, 9.17) is 0 Å². The SMILES string of the molecule is C=C(CNC)CN1CC(=O)N2CCCCC2C1=O. The fourth-order valence-electron chi connectivity index (χ4n) is 2.74. The largest absolute Gasteiger partial charge is 0.329 e. The zero-order valence-corrected chi connectivity index (χ0v) is 10.9. The summed E-state index contributed by atoms with van der Waals surface area (Å²) in [4.78, 5) is 27.7. The molecule has 0 radical (unpaired) electrons. The van der Waals surface area contributed by atoms with Crippen LogP contribution in [-0.2, 0) is 9.59 Å². The lowest BCUT2D eigenvalue weighted by molar-refractivity contribution is -0.157. The molecule has 18 heavy (non-hydrogen) atoms. The van der Waals surface area contributed by atoms with Crippen LogP contribution in [0.25, 0.3) is 0 Å². The molecule has 2 fully saturated rings. The van der Waals surface area contributed by atoms with Gasteiger partial charge in [0.05, 0.1) is 0 Å². The van der Waals surface area contributed by atoms with E-state index in [9.17, 15) is 9.59 Å². The van der Waals surface area contributed by atoms with Crippen molar-refractivity contribution in [3.63, 3.8) is 0 Å². The fraction of sp³-hybridized carbons (Fsp3) is 0.692. The van der Waals surface area contributed by atoms with Gasteiger partial charge in [-0.2, -0.15) is 0 Å². The van der Waals surface area contributed by atoms with E-state index in [0.29, 0.717) is 13.1 Å². The van der Waals surface area contributed by atoms with Crippen molar-refractivity contribution in [2.75, 3.05) is 33.2 Å². The van der Waals surface area contributed by atoms with Crippen molar-refractivity contribution in [1.29, 1.82) is 0 Å². The summed E-state index contributed by atoms with van der Waals surface area (Å²) in [6.45, 7) is 6.02. The molecule has 1 N–H and O–H groups in total. The first-order valence-electron chi connectivity index (χ1n) is 6.53. The van der Waals surface area contributed by atoms with Crippen LogP contribution in [-0.4, -0.2) is 60.9 Å². The van der Waals surface area contributed by atoms with Crippen LogP contribution >= 0.6 is 0 Å². The molecular weight excluding hydrogens is 230 g/mol. The highest BCUT2D eigenvalue weighted by atomic mass is 16.2. The molecular formula is C13H21N3O2. The molecule has 2 amide bonds. The summed E-state index contributed by atoms with van der Waals surface area (Å²) < 4.78 is 0. The summed E-state index contributed by atoms with van der Waals surface area (Å²) >= 11 is 0. The number of hydrogen-bond donors (Lipinski definition) is 1. The average molecular weight is 251 g/mol. The fourth-order valence-corrected chi connectivity index (χ4v) is 2.74. The van der Waals surface area contributed by atoms with Crippen LogP contribution in [0.2, 0.25) is 0 Å². The van der Waals surface area contributed by atoms with E-state index in [1.165, 1.54) is 0 Å². The number of piperazine rings is 1. The summed E-state index contributed by atoms with van der Waals surface area (Å²) in [6, 6.07) is -0.220. The highest BCUT2D eigenvalue weighted by Crippen LogP contribution is 2.23. The minimum Gasteiger partial charge on any atom is -0.329 e. The zero-order chi connectivity index (χ0) is 13.1. The summed E-state index contributed by atoms with van der Waals surface area (Å²) in [7, 11) is 1.84. The van der Waals surface area contributed by atoms with E-state index >= 15 is 0 Å². The lowest BCUT2D eigenvalue weighted by atomic mass is 9.98. The van der Waals surface area contributed by atoms with Gasteiger partial charge < -0.3 is 15.1 Å². The Morgan fingerprint density at radius 1 is 1.44 bits per heavy atom. The number of carbonyl (C=O) groups is 2. The molecule has 0 spiro atoms. The van der Waals surface area contributed by atoms with Gasteiger partial charge in [-0.1, -0.05) is 6.58 Å². The Labute approximate surface area is 108 Å². The number of amides is 2. The smallest absolute Gasteiger partial charge is 0.246 e. The van der Waals surface area contributed by atoms with Gasteiger partial charge in [-0.3, -0.25) is 9.59 Å². The predicted octanol–water partition coefficient (Wildman–Crippen LogP) is -0.0147. The molecule has 2 rings (SSSR count). The highest BCUT2D eigenvalue weighted by Gasteiger charge is 2.40. The maximum atomic E-state index is 12.3. The Morgan fingerprint density at radius 2 is 2.22 bits per heavy atom. The normalized spacial score (nSPS) is 24.2. The third kappa shape index (κ3) is 2.56. The standard InChI is InChI=1S/C13H21N3O2/c1-10(7-14-2)8-15-9-12(17)16-6-4-3-5-11(16)13(15)18/h11,14H,1,3-9H2,2H3. The minimum atomic E-state index is -0.220. The molecule has 0 aliphatic carbocycles. The summed E-state index contributed by atoms with van der Waals surface area (Å²) in [6.07, 6.45) is 2.85. The number of piperidine rings is 1. The minimum absolute atomic E-state index is 0.0801. The number of carbonyl (C=O) groups excluding carboxylic acids is 2. The van der Waals surface area contributed by atoms with Crippen molar-refractivity contribution in [2.24, 2.45) is 0 Å². The summed E-state index contributed by atoms with van der Waals surface area (Å²) in [5, 5.41) is 3.01. The molecule has 1 unspecified atom stereocenters. The van der Waals surface area contributed by atoms with Crippen molar-refractivity contribution in [3.05, 3.63) is 12.2 Å². The molecule has 0 aromatic carbocycles. The van der Waals surface area contributed by atoms with Gasteiger partial charge in [0.2, 0.25) is 11.8 Å². The lowest BCUT2D eigenvalue weighted by Gasteiger charge is -2.42. The lowest BCUT2D eigenvalue weighted by Crippen LogP contribution is -2.61. The monoisotopic (exact) mass is 251 g/mol. The Bertz CT molecular complexity index is 365. The van der Waals surface area contributed by atoms with Gasteiger partial charge in [0, 0.05) is 19.6 Å².